The molecule has 1 amide bonds. The Kier molecular flexibility index (Phi) is 5.40. The highest BCUT2D eigenvalue weighted by Crippen LogP contribution is 2.35. The molecule has 0 fully saturated rings. The second-order valence-corrected chi connectivity index (χ2v) is 6.70. The van der Waals surface area contributed by atoms with E-state index in [0.29, 0.717) is 11.3 Å². The van der Waals surface area contributed by atoms with Crippen molar-refractivity contribution >= 4 is 11.5 Å². The number of aryl methyl sites for hydroxylation is 1. The number of hydrogen-bond acceptors (Lipinski definition) is 4. The van der Waals surface area contributed by atoms with Gasteiger partial charge >= 0.3 is 0 Å². The molecule has 1 aliphatic heterocycles. The first-order valence-electron chi connectivity index (χ1n) is 9.03. The zero-order valence-electron chi connectivity index (χ0n) is 16.2. The van der Waals surface area contributed by atoms with E-state index in [1.165, 1.54) is 7.11 Å². The molecule has 0 aliphatic carbocycles. The zero-order valence-corrected chi connectivity index (χ0v) is 16.2. The van der Waals surface area contributed by atoms with Gasteiger partial charge in [-0.05, 0) is 60.7 Å². The molecule has 0 saturated carbocycles. The minimum absolute atomic E-state index is 0.0366. The molecular weight excluding hydrogens is 342 g/mol. The number of phenolic OH excluding ortho intramolecular Hbond substituents is 1. The van der Waals surface area contributed by atoms with Crippen molar-refractivity contribution in [3.05, 3.63) is 59.3 Å². The average molecular weight is 367 g/mol. The van der Waals surface area contributed by atoms with Gasteiger partial charge in [-0.15, -0.1) is 0 Å². The highest BCUT2D eigenvalue weighted by atomic mass is 16.5. The number of rotatable bonds is 5. The van der Waals surface area contributed by atoms with Crippen LogP contribution in [0.25, 0.3) is 5.57 Å². The molecule has 2 aromatic carbocycles. The fourth-order valence-electron chi connectivity index (χ4n) is 3.45. The van der Waals surface area contributed by atoms with E-state index < -0.39 is 0 Å². The molecule has 1 unspecified atom stereocenters. The minimum atomic E-state index is -0.0823. The lowest BCUT2D eigenvalue weighted by molar-refractivity contribution is 0.0781. The average Bonchev–Trinajstić information content (AvgIpc) is 3.12. The van der Waals surface area contributed by atoms with Crippen molar-refractivity contribution in [3.63, 3.8) is 0 Å². The number of ether oxygens (including phenoxy) is 2. The van der Waals surface area contributed by atoms with Crippen molar-refractivity contribution in [2.24, 2.45) is 0 Å². The molecule has 1 N–H and O–H groups in total. The van der Waals surface area contributed by atoms with Gasteiger partial charge in [0.2, 0.25) is 0 Å². The van der Waals surface area contributed by atoms with Gasteiger partial charge in [0.05, 0.1) is 14.2 Å². The Morgan fingerprint density at radius 1 is 1.19 bits per heavy atom. The fraction of sp³-hybridized carbons (Fsp3) is 0.318. The normalized spacial score (nSPS) is 16.2. The second kappa shape index (κ2) is 7.74. The lowest BCUT2D eigenvalue weighted by Gasteiger charge is -2.23. The monoisotopic (exact) mass is 367 g/mol. The van der Waals surface area contributed by atoms with E-state index >= 15 is 0 Å². The van der Waals surface area contributed by atoms with Crippen molar-refractivity contribution in [3.8, 4) is 17.2 Å². The summed E-state index contributed by atoms with van der Waals surface area (Å²) in [6.45, 7) is 3.90. The smallest absolute Gasteiger partial charge is 0.258 e. The van der Waals surface area contributed by atoms with Crippen molar-refractivity contribution in [1.29, 1.82) is 0 Å². The topological polar surface area (TPSA) is 59.0 Å². The van der Waals surface area contributed by atoms with Crippen LogP contribution in [0.15, 0.2) is 42.6 Å². The number of aromatic hydroxyl groups is 1. The number of hydrogen-bond donors (Lipinski definition) is 1. The zero-order chi connectivity index (χ0) is 19.6. The summed E-state index contributed by atoms with van der Waals surface area (Å²) in [5.41, 5.74) is 3.47. The molecule has 1 aliphatic rings. The van der Waals surface area contributed by atoms with Crippen LogP contribution in [0.4, 0.5) is 0 Å². The van der Waals surface area contributed by atoms with Gasteiger partial charge in [-0.2, -0.15) is 0 Å². The van der Waals surface area contributed by atoms with Crippen LogP contribution in [0.2, 0.25) is 0 Å². The van der Waals surface area contributed by atoms with E-state index in [-0.39, 0.29) is 17.7 Å². The summed E-state index contributed by atoms with van der Waals surface area (Å²) in [6, 6.07) is 11.2. The Labute approximate surface area is 159 Å². The Morgan fingerprint density at radius 2 is 1.89 bits per heavy atom. The van der Waals surface area contributed by atoms with Gasteiger partial charge in [-0.25, -0.2) is 0 Å². The van der Waals surface area contributed by atoms with E-state index in [1.807, 2.05) is 37.4 Å². The van der Waals surface area contributed by atoms with Gasteiger partial charge in [-0.3, -0.25) is 4.79 Å². The molecular formula is C22H25NO4. The predicted molar refractivity (Wildman–Crippen MR) is 105 cm³/mol. The van der Waals surface area contributed by atoms with Gasteiger partial charge in [0.1, 0.15) is 5.75 Å². The maximum atomic E-state index is 13.2. The molecule has 2 aromatic rings. The molecule has 0 radical (unpaired) electrons. The first kappa shape index (κ1) is 18.8. The third kappa shape index (κ3) is 3.63. The summed E-state index contributed by atoms with van der Waals surface area (Å²) in [6.07, 6.45) is 3.61. The van der Waals surface area contributed by atoms with Crippen LogP contribution in [-0.2, 0) is 0 Å². The maximum absolute atomic E-state index is 13.2. The maximum Gasteiger partial charge on any atom is 0.258 e. The molecule has 5 nitrogen and oxygen atoms in total. The summed E-state index contributed by atoms with van der Waals surface area (Å²) >= 11 is 0. The number of carbonyl (C=O) groups is 1. The van der Waals surface area contributed by atoms with E-state index in [0.717, 1.165) is 35.3 Å². The van der Waals surface area contributed by atoms with Crippen LogP contribution in [0, 0.1) is 6.92 Å². The molecule has 0 saturated heterocycles. The Morgan fingerprint density at radius 3 is 2.48 bits per heavy atom. The third-order valence-corrected chi connectivity index (χ3v) is 5.07. The van der Waals surface area contributed by atoms with Crippen molar-refractivity contribution in [1.82, 2.24) is 4.90 Å². The number of methoxy groups -OCH3 is 2. The van der Waals surface area contributed by atoms with Gasteiger partial charge in [-0.1, -0.05) is 19.1 Å². The number of nitrogens with zero attached hydrogens (tertiary/aromatic N) is 1. The molecule has 27 heavy (non-hydrogen) atoms. The van der Waals surface area contributed by atoms with E-state index in [4.69, 9.17) is 9.47 Å². The summed E-state index contributed by atoms with van der Waals surface area (Å²) in [5.74, 6) is 1.07. The lowest BCUT2D eigenvalue weighted by atomic mass is 10.0. The molecule has 0 bridgehead atoms. The second-order valence-electron chi connectivity index (χ2n) is 6.70. The number of carbonyl (C=O) groups excluding carboxylic acids is 1. The van der Waals surface area contributed by atoms with Crippen LogP contribution < -0.4 is 9.47 Å². The van der Waals surface area contributed by atoms with Crippen LogP contribution in [0.1, 0.15) is 41.3 Å². The fourth-order valence-corrected chi connectivity index (χ4v) is 3.45. The van der Waals surface area contributed by atoms with Crippen LogP contribution in [0.3, 0.4) is 0 Å². The number of benzene rings is 2. The quantitative estimate of drug-likeness (QED) is 0.852. The lowest BCUT2D eigenvalue weighted by Crippen LogP contribution is -2.32. The molecule has 0 spiro atoms. The van der Waals surface area contributed by atoms with Crippen LogP contribution >= 0.6 is 0 Å². The Bertz CT molecular complexity index is 871. The van der Waals surface area contributed by atoms with Gasteiger partial charge < -0.3 is 19.5 Å². The third-order valence-electron chi connectivity index (χ3n) is 5.07. The van der Waals surface area contributed by atoms with Crippen molar-refractivity contribution in [2.75, 3.05) is 14.2 Å². The summed E-state index contributed by atoms with van der Waals surface area (Å²) in [5, 5.41) is 9.92. The van der Waals surface area contributed by atoms with Gasteiger partial charge in [0.25, 0.3) is 5.91 Å². The van der Waals surface area contributed by atoms with Gasteiger partial charge in [0, 0.05) is 17.8 Å². The highest BCUT2D eigenvalue weighted by molar-refractivity contribution is 5.98. The molecule has 142 valence electrons. The molecule has 3 rings (SSSR count). The number of amides is 1. The number of phenols is 1. The predicted octanol–water partition coefficient (Wildman–Crippen LogP) is 4.38. The molecule has 1 heterocycles. The van der Waals surface area contributed by atoms with E-state index in [9.17, 15) is 9.90 Å². The SMILES string of the molecule is CCC1CC(c2ccc(OC)cc2)=CN1C(=O)c1cc(OC)c(O)cc1C. The minimum Gasteiger partial charge on any atom is -0.504 e. The first-order valence-corrected chi connectivity index (χ1v) is 9.03. The molecule has 1 atom stereocenters. The van der Waals surface area contributed by atoms with Crippen LogP contribution in [0.5, 0.6) is 17.2 Å². The Hall–Kier alpha value is -2.95. The standard InChI is InChI=1S/C22H25NO4/c1-5-17-11-16(15-6-8-18(26-3)9-7-15)13-23(17)22(25)19-12-21(27-4)20(24)10-14(19)2/h6-10,12-13,17,24H,5,11H2,1-4H3. The molecule has 0 aromatic heterocycles. The van der Waals surface area contributed by atoms with Crippen molar-refractivity contribution in [2.45, 2.75) is 32.7 Å². The summed E-state index contributed by atoms with van der Waals surface area (Å²) in [4.78, 5) is 15.0. The molecule has 5 heteroatoms. The van der Waals surface area contributed by atoms with Crippen LogP contribution in [-0.4, -0.2) is 36.2 Å². The highest BCUT2D eigenvalue weighted by Gasteiger charge is 2.30. The van der Waals surface area contributed by atoms with E-state index in [2.05, 4.69) is 6.92 Å². The van der Waals surface area contributed by atoms with Gasteiger partial charge in [0.15, 0.2) is 11.5 Å². The summed E-state index contributed by atoms with van der Waals surface area (Å²) < 4.78 is 10.4. The first-order chi connectivity index (χ1) is 13.0. The summed E-state index contributed by atoms with van der Waals surface area (Å²) in [7, 11) is 3.12. The Balaban J connectivity index is 1.94. The van der Waals surface area contributed by atoms with E-state index in [1.54, 1.807) is 24.1 Å². The van der Waals surface area contributed by atoms with Crippen molar-refractivity contribution < 1.29 is 19.4 Å². The largest absolute Gasteiger partial charge is 0.504 e.